The van der Waals surface area contributed by atoms with Gasteiger partial charge in [-0.3, -0.25) is 4.79 Å². The highest BCUT2D eigenvalue weighted by molar-refractivity contribution is 5.89. The second kappa shape index (κ2) is 9.75. The van der Waals surface area contributed by atoms with Gasteiger partial charge in [-0.15, -0.1) is 0 Å². The van der Waals surface area contributed by atoms with E-state index in [1.807, 2.05) is 24.3 Å². The van der Waals surface area contributed by atoms with Crippen LogP contribution >= 0.6 is 0 Å². The first-order valence-electron chi connectivity index (χ1n) is 8.46. The highest BCUT2D eigenvalue weighted by atomic mass is 16.5. The van der Waals surface area contributed by atoms with Gasteiger partial charge in [-0.1, -0.05) is 43.9 Å². The van der Waals surface area contributed by atoms with Crippen molar-refractivity contribution >= 4 is 18.0 Å². The van der Waals surface area contributed by atoms with Crippen molar-refractivity contribution in [3.63, 3.8) is 0 Å². The third-order valence-electron chi connectivity index (χ3n) is 4.10. The number of ether oxygens (including phenoxy) is 2. The summed E-state index contributed by atoms with van der Waals surface area (Å²) in [5.74, 6) is -0.106. The first-order valence-corrected chi connectivity index (χ1v) is 8.46. The van der Waals surface area contributed by atoms with Gasteiger partial charge in [0.25, 0.3) is 5.91 Å². The van der Waals surface area contributed by atoms with E-state index >= 15 is 0 Å². The zero-order valence-electron chi connectivity index (χ0n) is 14.1. The van der Waals surface area contributed by atoms with E-state index in [2.05, 4.69) is 5.32 Å². The summed E-state index contributed by atoms with van der Waals surface area (Å²) in [6, 6.07) is 7.56. The number of hydrogen-bond acceptors (Lipinski definition) is 4. The highest BCUT2D eigenvalue weighted by Crippen LogP contribution is 2.19. The van der Waals surface area contributed by atoms with Crippen LogP contribution in [-0.4, -0.2) is 31.6 Å². The Morgan fingerprint density at radius 1 is 1.17 bits per heavy atom. The molecule has 1 aliphatic carbocycles. The van der Waals surface area contributed by atoms with Gasteiger partial charge in [0.15, 0.2) is 6.61 Å². The number of nitrogens with one attached hydrogen (secondary N) is 1. The summed E-state index contributed by atoms with van der Waals surface area (Å²) in [4.78, 5) is 23.6. The third-order valence-corrected chi connectivity index (χ3v) is 4.10. The van der Waals surface area contributed by atoms with Crippen LogP contribution in [0.3, 0.4) is 0 Å². The summed E-state index contributed by atoms with van der Waals surface area (Å²) in [5.41, 5.74) is 0.778. The summed E-state index contributed by atoms with van der Waals surface area (Å²) in [5, 5.41) is 2.95. The van der Waals surface area contributed by atoms with Crippen molar-refractivity contribution in [1.82, 2.24) is 5.32 Å². The first kappa shape index (κ1) is 18.0. The van der Waals surface area contributed by atoms with Crippen LogP contribution in [0.1, 0.15) is 44.1 Å². The van der Waals surface area contributed by atoms with Crippen molar-refractivity contribution in [2.75, 3.05) is 13.7 Å². The zero-order chi connectivity index (χ0) is 17.2. The minimum atomic E-state index is -0.545. The van der Waals surface area contributed by atoms with Gasteiger partial charge in [0.05, 0.1) is 7.11 Å². The molecule has 1 aromatic carbocycles. The highest BCUT2D eigenvalue weighted by Gasteiger charge is 2.15. The predicted molar refractivity (Wildman–Crippen MR) is 92.6 cm³/mol. The number of hydrogen-bond donors (Lipinski definition) is 1. The quantitative estimate of drug-likeness (QED) is 0.494. The van der Waals surface area contributed by atoms with E-state index in [-0.39, 0.29) is 18.6 Å². The van der Waals surface area contributed by atoms with E-state index in [1.165, 1.54) is 18.9 Å². The van der Waals surface area contributed by atoms with Crippen molar-refractivity contribution in [2.45, 2.75) is 44.6 Å². The van der Waals surface area contributed by atoms with E-state index in [0.29, 0.717) is 5.75 Å². The summed E-state index contributed by atoms with van der Waals surface area (Å²) in [7, 11) is 1.57. The average Bonchev–Trinajstić information content (AvgIpc) is 2.87. The molecule has 2 rings (SSSR count). The lowest BCUT2D eigenvalue weighted by molar-refractivity contribution is -0.144. The van der Waals surface area contributed by atoms with Crippen LogP contribution in [0.2, 0.25) is 0 Å². The standard InChI is InChI=1S/C19H25NO4/c1-23-17-11-7-6-8-15(17)12-13-19(22)24-14-18(21)20-16-9-4-2-3-5-10-16/h6-8,11-13,16H,2-5,9-10,14H2,1H3,(H,20,21)/b13-12+. The Morgan fingerprint density at radius 2 is 1.88 bits per heavy atom. The average molecular weight is 331 g/mol. The molecule has 0 saturated heterocycles. The van der Waals surface area contributed by atoms with Crippen LogP contribution < -0.4 is 10.1 Å². The van der Waals surface area contributed by atoms with Crippen LogP contribution in [0.5, 0.6) is 5.75 Å². The van der Waals surface area contributed by atoms with Crippen molar-refractivity contribution in [2.24, 2.45) is 0 Å². The molecule has 0 unspecified atom stereocenters. The smallest absolute Gasteiger partial charge is 0.331 e. The molecule has 0 atom stereocenters. The number of carbonyl (C=O) groups excluding carboxylic acids is 2. The molecule has 0 radical (unpaired) electrons. The Hall–Kier alpha value is -2.30. The Balaban J connectivity index is 1.75. The van der Waals surface area contributed by atoms with Crippen LogP contribution in [0, 0.1) is 0 Å². The molecule has 1 saturated carbocycles. The normalized spacial score (nSPS) is 15.7. The molecule has 0 aliphatic heterocycles. The molecule has 0 heterocycles. The molecule has 130 valence electrons. The van der Waals surface area contributed by atoms with Gasteiger partial charge in [-0.25, -0.2) is 4.79 Å². The molecular weight excluding hydrogens is 306 g/mol. The Kier molecular flexibility index (Phi) is 7.33. The maximum absolute atomic E-state index is 11.9. The molecule has 1 N–H and O–H groups in total. The van der Waals surface area contributed by atoms with Gasteiger partial charge >= 0.3 is 5.97 Å². The molecule has 0 spiro atoms. The lowest BCUT2D eigenvalue weighted by atomic mass is 10.1. The predicted octanol–water partition coefficient (Wildman–Crippen LogP) is 3.09. The van der Waals surface area contributed by atoms with Gasteiger partial charge in [-0.2, -0.15) is 0 Å². The van der Waals surface area contributed by atoms with E-state index < -0.39 is 5.97 Å². The van der Waals surface area contributed by atoms with Gasteiger partial charge in [0.1, 0.15) is 5.75 Å². The van der Waals surface area contributed by atoms with Crippen molar-refractivity contribution in [1.29, 1.82) is 0 Å². The molecule has 24 heavy (non-hydrogen) atoms. The maximum atomic E-state index is 11.9. The molecule has 1 aromatic rings. The van der Waals surface area contributed by atoms with E-state index in [0.717, 1.165) is 31.2 Å². The second-order valence-electron chi connectivity index (χ2n) is 5.94. The van der Waals surface area contributed by atoms with Crippen molar-refractivity contribution in [3.8, 4) is 5.75 Å². The second-order valence-corrected chi connectivity index (χ2v) is 5.94. The molecule has 1 amide bonds. The molecule has 5 heteroatoms. The number of esters is 1. The summed E-state index contributed by atoms with van der Waals surface area (Å²) < 4.78 is 10.2. The molecule has 1 aliphatic rings. The van der Waals surface area contributed by atoms with Crippen molar-refractivity contribution < 1.29 is 19.1 Å². The fraction of sp³-hybridized carbons (Fsp3) is 0.474. The number of benzene rings is 1. The maximum Gasteiger partial charge on any atom is 0.331 e. The van der Waals surface area contributed by atoms with E-state index in [1.54, 1.807) is 13.2 Å². The fourth-order valence-electron chi connectivity index (χ4n) is 2.84. The van der Waals surface area contributed by atoms with Gasteiger partial charge < -0.3 is 14.8 Å². The summed E-state index contributed by atoms with van der Waals surface area (Å²) >= 11 is 0. The topological polar surface area (TPSA) is 64.6 Å². The Morgan fingerprint density at radius 3 is 2.58 bits per heavy atom. The Bertz CT molecular complexity index is 574. The van der Waals surface area contributed by atoms with Crippen LogP contribution in [-0.2, 0) is 14.3 Å². The first-order chi connectivity index (χ1) is 11.7. The number of carbonyl (C=O) groups is 2. The van der Waals surface area contributed by atoms with Gasteiger partial charge in [0.2, 0.25) is 0 Å². The lowest BCUT2D eigenvalue weighted by Crippen LogP contribution is -2.37. The number of rotatable bonds is 6. The minimum absolute atomic E-state index is 0.211. The lowest BCUT2D eigenvalue weighted by Gasteiger charge is -2.15. The monoisotopic (exact) mass is 331 g/mol. The fourth-order valence-corrected chi connectivity index (χ4v) is 2.84. The van der Waals surface area contributed by atoms with Crippen molar-refractivity contribution in [3.05, 3.63) is 35.9 Å². The molecule has 1 fully saturated rings. The molecule has 0 aromatic heterocycles. The third kappa shape index (κ3) is 6.07. The van der Waals surface area contributed by atoms with E-state index in [4.69, 9.17) is 9.47 Å². The molecule has 0 bridgehead atoms. The molecule has 5 nitrogen and oxygen atoms in total. The zero-order valence-corrected chi connectivity index (χ0v) is 14.1. The van der Waals surface area contributed by atoms with Gasteiger partial charge in [0, 0.05) is 17.7 Å². The SMILES string of the molecule is COc1ccccc1/C=C/C(=O)OCC(=O)NC1CCCCCC1. The largest absolute Gasteiger partial charge is 0.496 e. The molecular formula is C19H25NO4. The number of amides is 1. The van der Waals surface area contributed by atoms with Gasteiger partial charge in [-0.05, 0) is 25.0 Å². The Labute approximate surface area is 143 Å². The van der Waals surface area contributed by atoms with Crippen LogP contribution in [0.25, 0.3) is 6.08 Å². The minimum Gasteiger partial charge on any atom is -0.496 e. The number of methoxy groups -OCH3 is 1. The summed E-state index contributed by atoms with van der Waals surface area (Å²) in [6.07, 6.45) is 9.69. The van der Waals surface area contributed by atoms with Crippen LogP contribution in [0.4, 0.5) is 0 Å². The number of para-hydroxylation sites is 1. The van der Waals surface area contributed by atoms with E-state index in [9.17, 15) is 9.59 Å². The summed E-state index contributed by atoms with van der Waals surface area (Å²) in [6.45, 7) is -0.244. The van der Waals surface area contributed by atoms with Crippen LogP contribution in [0.15, 0.2) is 30.3 Å².